The zero-order valence-corrected chi connectivity index (χ0v) is 27.2. The smallest absolute Gasteiger partial charge is 0.270 e. The summed E-state index contributed by atoms with van der Waals surface area (Å²) in [5.74, 6) is -0.287. The summed E-state index contributed by atoms with van der Waals surface area (Å²) >= 11 is 0. The number of nitrogens with one attached hydrogen (secondary N) is 3. The van der Waals surface area contributed by atoms with Crippen molar-refractivity contribution in [3.63, 3.8) is 0 Å². The number of hydrogen-bond acceptors (Lipinski definition) is 7. The molecular weight excluding hydrogens is 596 g/mol. The van der Waals surface area contributed by atoms with E-state index in [1.54, 1.807) is 19.3 Å². The van der Waals surface area contributed by atoms with Crippen molar-refractivity contribution in [2.75, 3.05) is 44.8 Å². The van der Waals surface area contributed by atoms with Crippen molar-refractivity contribution in [3.8, 4) is 5.75 Å². The van der Waals surface area contributed by atoms with E-state index in [1.165, 1.54) is 11.1 Å². The monoisotopic (exact) mass is 640 g/mol. The van der Waals surface area contributed by atoms with Gasteiger partial charge in [-0.3, -0.25) is 24.0 Å². The van der Waals surface area contributed by atoms with Gasteiger partial charge in [0.1, 0.15) is 23.5 Å². The largest absolute Gasteiger partial charge is 0.493 e. The molecule has 2 aliphatic heterocycles. The number of aryl methyl sites for hydroxylation is 1. The van der Waals surface area contributed by atoms with Crippen molar-refractivity contribution in [1.82, 2.24) is 25.3 Å². The predicted molar refractivity (Wildman–Crippen MR) is 176 cm³/mol. The van der Waals surface area contributed by atoms with Crippen molar-refractivity contribution >= 4 is 23.4 Å². The minimum Gasteiger partial charge on any atom is -0.493 e. The first kappa shape index (κ1) is 31.4. The number of morpholine rings is 1. The van der Waals surface area contributed by atoms with Gasteiger partial charge >= 0.3 is 0 Å². The first-order chi connectivity index (χ1) is 22.8. The van der Waals surface area contributed by atoms with Gasteiger partial charge in [-0.1, -0.05) is 43.7 Å². The normalized spacial score (nSPS) is 22.1. The molecule has 2 aromatic carbocycles. The van der Waals surface area contributed by atoms with Gasteiger partial charge in [0.15, 0.2) is 0 Å². The number of ether oxygens (including phenoxy) is 2. The summed E-state index contributed by atoms with van der Waals surface area (Å²) in [6.45, 7) is 5.76. The van der Waals surface area contributed by atoms with Crippen LogP contribution in [0.15, 0.2) is 60.8 Å². The summed E-state index contributed by atoms with van der Waals surface area (Å²) in [6.07, 6.45) is 6.81. The molecule has 0 bridgehead atoms. The number of nitrogens with zero attached hydrogens (tertiary/aromatic N) is 3. The molecule has 3 fully saturated rings. The molecule has 11 heteroatoms. The standard InChI is InChI=1S/C36H44N6O5/c1-35(12-6-13-35)22-37-34(45)31(42-17-19-46-20-18-42)24-7-5-8-25(21-24)39-33(44)30(40-32(43)27-11-16-38-41(27)2)29-26-9-3-4-10-28(26)47-23-36(29)14-15-36/h3-5,7-11,16,21,29-31H,6,12-15,17-20,22-23H2,1-2H3,(H,37,45)(H,39,44)(H,40,43)/t29?,30-,31?/m0/s1. The number of fused-ring (bicyclic) bond motifs is 1. The van der Waals surface area contributed by atoms with Crippen LogP contribution in [0.5, 0.6) is 5.75 Å². The Hall–Kier alpha value is -4.22. The molecule has 1 spiro atoms. The lowest BCUT2D eigenvalue weighted by molar-refractivity contribution is -0.129. The molecule has 4 aliphatic rings. The van der Waals surface area contributed by atoms with Crippen molar-refractivity contribution in [2.45, 2.75) is 57.0 Å². The second kappa shape index (κ2) is 12.8. The molecule has 47 heavy (non-hydrogen) atoms. The van der Waals surface area contributed by atoms with Crippen LogP contribution in [0.4, 0.5) is 5.69 Å². The predicted octanol–water partition coefficient (Wildman–Crippen LogP) is 3.79. The first-order valence-corrected chi connectivity index (χ1v) is 16.8. The molecule has 1 aromatic heterocycles. The van der Waals surface area contributed by atoms with E-state index in [1.807, 2.05) is 48.5 Å². The third-order valence-electron chi connectivity index (χ3n) is 10.7. The SMILES string of the molecule is Cn1nccc1C(=O)N[C@H](C(=O)Nc1cccc(C(C(=O)NCC2(C)CCC2)N2CCOCC2)c1)C1c2ccccc2OCC12CC2. The Balaban J connectivity index is 1.17. The first-order valence-electron chi connectivity index (χ1n) is 16.8. The molecule has 0 radical (unpaired) electrons. The summed E-state index contributed by atoms with van der Waals surface area (Å²) in [6, 6.07) is 15.5. The Bertz CT molecular complexity index is 1640. The van der Waals surface area contributed by atoms with Crippen LogP contribution in [-0.4, -0.2) is 77.9 Å². The fourth-order valence-corrected chi connectivity index (χ4v) is 7.50. The second-order valence-corrected chi connectivity index (χ2v) is 14.0. The highest BCUT2D eigenvalue weighted by atomic mass is 16.5. The summed E-state index contributed by atoms with van der Waals surface area (Å²) in [4.78, 5) is 43.9. The molecule has 3 N–H and O–H groups in total. The lowest BCUT2D eigenvalue weighted by Crippen LogP contribution is -2.52. The van der Waals surface area contributed by atoms with E-state index in [-0.39, 0.29) is 34.5 Å². The Morgan fingerprint density at radius 3 is 2.49 bits per heavy atom. The summed E-state index contributed by atoms with van der Waals surface area (Å²) < 4.78 is 13.2. The molecule has 3 atom stereocenters. The zero-order valence-electron chi connectivity index (χ0n) is 27.2. The number of benzene rings is 2. The van der Waals surface area contributed by atoms with Gasteiger partial charge < -0.3 is 25.4 Å². The molecule has 2 saturated carbocycles. The van der Waals surface area contributed by atoms with Crippen LogP contribution in [0, 0.1) is 10.8 Å². The number of hydrogen-bond donors (Lipinski definition) is 3. The third kappa shape index (κ3) is 6.38. The number of carbonyl (C=O) groups is 3. The quantitative estimate of drug-likeness (QED) is 0.308. The molecule has 11 nitrogen and oxygen atoms in total. The van der Waals surface area contributed by atoms with Crippen LogP contribution in [0.25, 0.3) is 0 Å². The van der Waals surface area contributed by atoms with Gasteiger partial charge in [-0.05, 0) is 60.9 Å². The van der Waals surface area contributed by atoms with Crippen molar-refractivity contribution in [1.29, 1.82) is 0 Å². The van der Waals surface area contributed by atoms with Crippen molar-refractivity contribution < 1.29 is 23.9 Å². The Morgan fingerprint density at radius 1 is 1.00 bits per heavy atom. The van der Waals surface area contributed by atoms with Crippen LogP contribution in [0.3, 0.4) is 0 Å². The third-order valence-corrected chi connectivity index (χ3v) is 10.7. The number of carbonyl (C=O) groups excluding carboxylic acids is 3. The number of aromatic nitrogens is 2. The molecule has 7 rings (SSSR count). The number of anilines is 1. The van der Waals surface area contributed by atoms with Gasteiger partial charge in [0.25, 0.3) is 5.91 Å². The summed E-state index contributed by atoms with van der Waals surface area (Å²) in [5.41, 5.74) is 2.55. The summed E-state index contributed by atoms with van der Waals surface area (Å²) in [5, 5.41) is 13.6. The van der Waals surface area contributed by atoms with E-state index >= 15 is 0 Å². The maximum absolute atomic E-state index is 14.4. The van der Waals surface area contributed by atoms with Crippen LogP contribution in [0.2, 0.25) is 0 Å². The van der Waals surface area contributed by atoms with Crippen molar-refractivity contribution in [3.05, 3.63) is 77.6 Å². The van der Waals surface area contributed by atoms with Gasteiger partial charge in [0, 0.05) is 55.5 Å². The maximum Gasteiger partial charge on any atom is 0.270 e. The lowest BCUT2D eigenvalue weighted by Gasteiger charge is -2.40. The zero-order chi connectivity index (χ0) is 32.6. The lowest BCUT2D eigenvalue weighted by atomic mass is 9.70. The van der Waals surface area contributed by atoms with E-state index in [2.05, 4.69) is 32.9 Å². The van der Waals surface area contributed by atoms with Crippen LogP contribution >= 0.6 is 0 Å². The fraction of sp³-hybridized carbons (Fsp3) is 0.500. The molecule has 3 heterocycles. The minimum atomic E-state index is -0.879. The molecule has 248 valence electrons. The van der Waals surface area contributed by atoms with E-state index in [0.29, 0.717) is 50.8 Å². The van der Waals surface area contributed by atoms with E-state index in [0.717, 1.165) is 42.6 Å². The second-order valence-electron chi connectivity index (χ2n) is 14.0. The molecule has 1 saturated heterocycles. The van der Waals surface area contributed by atoms with Crippen LogP contribution in [0.1, 0.15) is 72.6 Å². The van der Waals surface area contributed by atoms with E-state index < -0.39 is 12.1 Å². The highest BCUT2D eigenvalue weighted by Gasteiger charge is 2.58. The minimum absolute atomic E-state index is 0.0423. The van der Waals surface area contributed by atoms with Gasteiger partial charge in [0.2, 0.25) is 11.8 Å². The van der Waals surface area contributed by atoms with Gasteiger partial charge in [-0.15, -0.1) is 0 Å². The molecule has 3 amide bonds. The Morgan fingerprint density at radius 2 is 1.79 bits per heavy atom. The summed E-state index contributed by atoms with van der Waals surface area (Å²) in [7, 11) is 1.70. The Labute approximate surface area is 275 Å². The van der Waals surface area contributed by atoms with Gasteiger partial charge in [-0.25, -0.2) is 0 Å². The Kier molecular flexibility index (Phi) is 8.52. The topological polar surface area (TPSA) is 127 Å². The molecular formula is C36H44N6O5. The van der Waals surface area contributed by atoms with Crippen LogP contribution < -0.4 is 20.7 Å². The molecule has 2 unspecified atom stereocenters. The average molecular weight is 641 g/mol. The van der Waals surface area contributed by atoms with Crippen LogP contribution in [-0.2, 0) is 21.4 Å². The van der Waals surface area contributed by atoms with Gasteiger partial charge in [-0.2, -0.15) is 5.10 Å². The highest BCUT2D eigenvalue weighted by molar-refractivity contribution is 6.01. The highest BCUT2D eigenvalue weighted by Crippen LogP contribution is 2.61. The average Bonchev–Trinajstić information content (AvgIpc) is 3.70. The van der Waals surface area contributed by atoms with Crippen molar-refractivity contribution in [2.24, 2.45) is 17.9 Å². The number of para-hydroxylation sites is 1. The fourth-order valence-electron chi connectivity index (χ4n) is 7.50. The van der Waals surface area contributed by atoms with E-state index in [4.69, 9.17) is 9.47 Å². The number of rotatable bonds is 10. The van der Waals surface area contributed by atoms with E-state index in [9.17, 15) is 14.4 Å². The maximum atomic E-state index is 14.4. The molecule has 3 aromatic rings. The number of amides is 3. The molecule has 2 aliphatic carbocycles. The van der Waals surface area contributed by atoms with Gasteiger partial charge in [0.05, 0.1) is 19.8 Å².